The molecule has 1 N–H and O–H groups in total. The molecule has 176 valence electrons. The lowest BCUT2D eigenvalue weighted by atomic mass is 9.95. The van der Waals surface area contributed by atoms with Gasteiger partial charge in [0.15, 0.2) is 5.65 Å². The molecule has 0 unspecified atom stereocenters. The van der Waals surface area contributed by atoms with Crippen LogP contribution in [0.25, 0.3) is 22.2 Å². The third-order valence-electron chi connectivity index (χ3n) is 6.20. The van der Waals surface area contributed by atoms with Crippen LogP contribution in [0.4, 0.5) is 5.82 Å². The van der Waals surface area contributed by atoms with Crippen molar-refractivity contribution in [2.75, 3.05) is 11.3 Å². The maximum atomic E-state index is 13.4. The van der Waals surface area contributed by atoms with Crippen LogP contribution < -0.4 is 4.72 Å². The summed E-state index contributed by atoms with van der Waals surface area (Å²) in [6.07, 6.45) is 4.89. The third kappa shape index (κ3) is 4.00. The van der Waals surface area contributed by atoms with Gasteiger partial charge in [0.05, 0.1) is 22.5 Å². The molecule has 2 aromatic heterocycles. The number of esters is 1. The highest BCUT2D eigenvalue weighted by Gasteiger charge is 2.33. The molecule has 0 aliphatic heterocycles. The number of ether oxygens (including phenoxy) is 1. The average Bonchev–Trinajstić information content (AvgIpc) is 3.15. The number of hydrogen-bond donors (Lipinski definition) is 1. The zero-order valence-electron chi connectivity index (χ0n) is 18.9. The third-order valence-corrected chi connectivity index (χ3v) is 7.55. The fraction of sp³-hybridized carbons (Fsp3) is 0.320. The summed E-state index contributed by atoms with van der Waals surface area (Å²) in [4.78, 5) is 22.9. The van der Waals surface area contributed by atoms with Gasteiger partial charge in [-0.05, 0) is 44.0 Å². The monoisotopic (exact) mass is 478 g/mol. The van der Waals surface area contributed by atoms with Gasteiger partial charge < -0.3 is 9.30 Å². The molecule has 0 spiro atoms. The zero-order valence-corrected chi connectivity index (χ0v) is 19.7. The summed E-state index contributed by atoms with van der Waals surface area (Å²) >= 11 is 0. The summed E-state index contributed by atoms with van der Waals surface area (Å²) < 4.78 is 36.6. The van der Waals surface area contributed by atoms with Crippen LogP contribution in [-0.2, 0) is 14.8 Å². The van der Waals surface area contributed by atoms with Crippen molar-refractivity contribution in [1.29, 1.82) is 0 Å². The van der Waals surface area contributed by atoms with Crippen molar-refractivity contribution in [2.45, 2.75) is 50.0 Å². The minimum Gasteiger partial charge on any atom is -0.462 e. The SMILES string of the molecule is CCOC(=O)c1c(NS(=O)(=O)c2ccccc2)n(C2CCCCC2)c2nc3ccccc3nc12. The number of nitrogens with zero attached hydrogens (tertiary/aromatic N) is 3. The van der Waals surface area contributed by atoms with Crippen LogP contribution in [0.3, 0.4) is 0 Å². The Balaban J connectivity index is 1.80. The molecule has 0 saturated heterocycles. The van der Waals surface area contributed by atoms with E-state index in [-0.39, 0.29) is 28.9 Å². The van der Waals surface area contributed by atoms with Gasteiger partial charge in [-0.15, -0.1) is 0 Å². The molecule has 2 heterocycles. The van der Waals surface area contributed by atoms with E-state index in [4.69, 9.17) is 14.7 Å². The Morgan fingerprint density at radius 1 is 1.00 bits per heavy atom. The minimum atomic E-state index is -3.97. The summed E-state index contributed by atoms with van der Waals surface area (Å²) in [6.45, 7) is 1.87. The van der Waals surface area contributed by atoms with Gasteiger partial charge in [0.1, 0.15) is 16.9 Å². The van der Waals surface area contributed by atoms with Crippen molar-refractivity contribution in [3.63, 3.8) is 0 Å². The topological polar surface area (TPSA) is 103 Å². The number of aromatic nitrogens is 3. The van der Waals surface area contributed by atoms with Crippen molar-refractivity contribution in [1.82, 2.24) is 14.5 Å². The largest absolute Gasteiger partial charge is 0.462 e. The summed E-state index contributed by atoms with van der Waals surface area (Å²) in [5.41, 5.74) is 2.23. The molecule has 4 aromatic rings. The van der Waals surface area contributed by atoms with Gasteiger partial charge in [-0.2, -0.15) is 0 Å². The van der Waals surface area contributed by atoms with Gasteiger partial charge in [0.2, 0.25) is 0 Å². The molecular weight excluding hydrogens is 452 g/mol. The second-order valence-electron chi connectivity index (χ2n) is 8.41. The summed E-state index contributed by atoms with van der Waals surface area (Å²) in [5.74, 6) is -0.461. The van der Waals surface area contributed by atoms with Crippen molar-refractivity contribution < 1.29 is 17.9 Å². The van der Waals surface area contributed by atoms with Crippen LogP contribution >= 0.6 is 0 Å². The van der Waals surface area contributed by atoms with Crippen LogP contribution in [0.15, 0.2) is 59.5 Å². The Morgan fingerprint density at radius 2 is 1.65 bits per heavy atom. The van der Waals surface area contributed by atoms with Gasteiger partial charge in [-0.1, -0.05) is 49.6 Å². The van der Waals surface area contributed by atoms with Crippen molar-refractivity contribution in [3.8, 4) is 0 Å². The van der Waals surface area contributed by atoms with E-state index in [9.17, 15) is 13.2 Å². The van der Waals surface area contributed by atoms with Crippen LogP contribution in [0.5, 0.6) is 0 Å². The van der Waals surface area contributed by atoms with E-state index in [0.717, 1.165) is 32.1 Å². The Morgan fingerprint density at radius 3 is 2.32 bits per heavy atom. The van der Waals surface area contributed by atoms with E-state index in [0.29, 0.717) is 22.2 Å². The lowest BCUT2D eigenvalue weighted by Gasteiger charge is -2.26. The first-order valence-corrected chi connectivity index (χ1v) is 13.0. The number of hydrogen-bond acceptors (Lipinski definition) is 6. The highest BCUT2D eigenvalue weighted by atomic mass is 32.2. The van der Waals surface area contributed by atoms with Gasteiger partial charge in [-0.25, -0.2) is 23.2 Å². The molecule has 1 aliphatic rings. The van der Waals surface area contributed by atoms with Crippen molar-refractivity contribution in [2.24, 2.45) is 0 Å². The highest BCUT2D eigenvalue weighted by Crippen LogP contribution is 2.39. The molecule has 0 bridgehead atoms. The Hall–Kier alpha value is -3.46. The Kier molecular flexibility index (Phi) is 5.95. The predicted molar refractivity (Wildman–Crippen MR) is 130 cm³/mol. The highest BCUT2D eigenvalue weighted by molar-refractivity contribution is 7.92. The number of benzene rings is 2. The van der Waals surface area contributed by atoms with Gasteiger partial charge in [-0.3, -0.25) is 4.72 Å². The first-order valence-electron chi connectivity index (χ1n) is 11.5. The average molecular weight is 479 g/mol. The molecule has 34 heavy (non-hydrogen) atoms. The van der Waals surface area contributed by atoms with Gasteiger partial charge in [0, 0.05) is 6.04 Å². The predicted octanol–water partition coefficient (Wildman–Crippen LogP) is 5.07. The van der Waals surface area contributed by atoms with E-state index in [1.165, 1.54) is 12.1 Å². The molecule has 5 rings (SSSR count). The van der Waals surface area contributed by atoms with Crippen molar-refractivity contribution >= 4 is 44.0 Å². The fourth-order valence-corrected chi connectivity index (χ4v) is 5.73. The Bertz CT molecular complexity index is 1460. The van der Waals surface area contributed by atoms with Crippen LogP contribution in [-0.4, -0.2) is 35.5 Å². The Labute approximate surface area is 198 Å². The molecule has 1 fully saturated rings. The molecule has 9 heteroatoms. The minimum absolute atomic E-state index is 0.0108. The van der Waals surface area contributed by atoms with Gasteiger partial charge >= 0.3 is 5.97 Å². The number of sulfonamides is 1. The number of carbonyl (C=O) groups excluding carboxylic acids is 1. The first kappa shape index (κ1) is 22.3. The smallest absolute Gasteiger partial charge is 0.344 e. The number of para-hydroxylation sites is 2. The lowest BCUT2D eigenvalue weighted by molar-refractivity contribution is 0.0529. The second-order valence-corrected chi connectivity index (χ2v) is 10.1. The number of nitrogens with one attached hydrogen (secondary N) is 1. The molecule has 0 radical (unpaired) electrons. The molecule has 0 atom stereocenters. The summed E-state index contributed by atoms with van der Waals surface area (Å²) in [6, 6.07) is 15.5. The number of fused-ring (bicyclic) bond motifs is 2. The fourth-order valence-electron chi connectivity index (χ4n) is 4.64. The van der Waals surface area contributed by atoms with E-state index in [1.807, 2.05) is 28.8 Å². The zero-order chi connectivity index (χ0) is 23.7. The van der Waals surface area contributed by atoms with E-state index in [1.54, 1.807) is 25.1 Å². The molecular formula is C25H26N4O4S. The standard InChI is InChI=1S/C25H26N4O4S/c1-2-33-25(30)21-22-24(27-20-16-10-9-15-19(20)26-22)29(17-11-5-3-6-12-17)23(21)28-34(31,32)18-13-7-4-8-14-18/h4,7-10,13-17,28H,2-3,5-6,11-12H2,1H3. The molecule has 0 amide bonds. The van der Waals surface area contributed by atoms with Crippen LogP contribution in [0, 0.1) is 0 Å². The van der Waals surface area contributed by atoms with E-state index < -0.39 is 16.0 Å². The number of anilines is 1. The molecule has 2 aromatic carbocycles. The molecule has 8 nitrogen and oxygen atoms in total. The lowest BCUT2D eigenvalue weighted by Crippen LogP contribution is -2.21. The maximum absolute atomic E-state index is 13.4. The van der Waals surface area contributed by atoms with Crippen molar-refractivity contribution in [3.05, 3.63) is 60.2 Å². The van der Waals surface area contributed by atoms with Crippen LogP contribution in [0.2, 0.25) is 0 Å². The second kappa shape index (κ2) is 9.06. The quantitative estimate of drug-likeness (QED) is 0.388. The first-order chi connectivity index (χ1) is 16.5. The summed E-state index contributed by atoms with van der Waals surface area (Å²) in [7, 11) is -3.97. The van der Waals surface area contributed by atoms with E-state index in [2.05, 4.69) is 4.72 Å². The summed E-state index contributed by atoms with van der Waals surface area (Å²) in [5, 5.41) is 0. The number of rotatable bonds is 6. The molecule has 1 aliphatic carbocycles. The van der Waals surface area contributed by atoms with E-state index >= 15 is 0 Å². The van der Waals surface area contributed by atoms with Crippen LogP contribution in [0.1, 0.15) is 55.4 Å². The normalized spacial score (nSPS) is 15.0. The molecule has 1 saturated carbocycles. The maximum Gasteiger partial charge on any atom is 0.344 e. The number of carbonyl (C=O) groups is 1. The van der Waals surface area contributed by atoms with Gasteiger partial charge in [0.25, 0.3) is 10.0 Å².